The summed E-state index contributed by atoms with van der Waals surface area (Å²) < 4.78 is 6.16. The maximum absolute atomic E-state index is 9.43. The molecule has 3 aromatic rings. The molecule has 0 unspecified atom stereocenters. The molecule has 0 spiro atoms. The summed E-state index contributed by atoms with van der Waals surface area (Å²) in [6.07, 6.45) is 5.66. The molecule has 5 heteroatoms. The van der Waals surface area contributed by atoms with Crippen molar-refractivity contribution in [2.75, 3.05) is 19.8 Å². The standard InChI is InChI=1S/C26H33NO3S/c27-26(19-28,20-29)15-14-22-12-13-24(23(18-22)25-11-7-17-31-25)30-16-6-2-5-10-21-8-3-1-4-9-21/h1,3-4,7-9,11-13,17-18,28-29H,2,5-6,10,14-16,19-20,27H2. The van der Waals surface area contributed by atoms with Crippen LogP contribution in [0.3, 0.4) is 0 Å². The third-order valence-electron chi connectivity index (χ3n) is 5.58. The number of aliphatic hydroxyl groups is 2. The topological polar surface area (TPSA) is 75.7 Å². The minimum atomic E-state index is -0.946. The van der Waals surface area contributed by atoms with E-state index in [0.717, 1.165) is 36.1 Å². The first kappa shape index (κ1) is 23.5. The van der Waals surface area contributed by atoms with Crippen LogP contribution in [0.4, 0.5) is 0 Å². The van der Waals surface area contributed by atoms with Crippen LogP contribution in [0.15, 0.2) is 66.0 Å². The molecule has 1 aromatic heterocycles. The summed E-state index contributed by atoms with van der Waals surface area (Å²) in [6.45, 7) is 0.243. The van der Waals surface area contributed by atoms with Crippen molar-refractivity contribution in [1.29, 1.82) is 0 Å². The van der Waals surface area contributed by atoms with Gasteiger partial charge in [0.2, 0.25) is 0 Å². The molecule has 4 nitrogen and oxygen atoms in total. The van der Waals surface area contributed by atoms with Gasteiger partial charge >= 0.3 is 0 Å². The zero-order valence-electron chi connectivity index (χ0n) is 18.0. The van der Waals surface area contributed by atoms with Gasteiger partial charge in [0.25, 0.3) is 0 Å². The molecule has 0 saturated heterocycles. The maximum Gasteiger partial charge on any atom is 0.127 e. The Morgan fingerprint density at radius 2 is 1.65 bits per heavy atom. The summed E-state index contributed by atoms with van der Waals surface area (Å²) >= 11 is 1.69. The number of rotatable bonds is 13. The van der Waals surface area contributed by atoms with Gasteiger partial charge in [-0.1, -0.05) is 42.5 Å². The van der Waals surface area contributed by atoms with Gasteiger partial charge in [0.05, 0.1) is 25.4 Å². The van der Waals surface area contributed by atoms with Gasteiger partial charge in [0, 0.05) is 10.4 Å². The van der Waals surface area contributed by atoms with Crippen LogP contribution in [0.1, 0.15) is 36.8 Å². The van der Waals surface area contributed by atoms with Crippen LogP contribution in [0, 0.1) is 0 Å². The van der Waals surface area contributed by atoms with E-state index in [-0.39, 0.29) is 13.2 Å². The lowest BCUT2D eigenvalue weighted by molar-refractivity contribution is 0.115. The van der Waals surface area contributed by atoms with Gasteiger partial charge in [-0.15, -0.1) is 11.3 Å². The zero-order chi connectivity index (χ0) is 21.9. The third kappa shape index (κ3) is 7.18. The van der Waals surface area contributed by atoms with Gasteiger partial charge in [-0.3, -0.25) is 0 Å². The van der Waals surface area contributed by atoms with Gasteiger partial charge in [0.15, 0.2) is 0 Å². The summed E-state index contributed by atoms with van der Waals surface area (Å²) in [7, 11) is 0. The number of ether oxygens (including phenoxy) is 1. The van der Waals surface area contributed by atoms with Gasteiger partial charge in [-0.25, -0.2) is 0 Å². The van der Waals surface area contributed by atoms with Crippen LogP contribution < -0.4 is 10.5 Å². The number of aryl methyl sites for hydroxylation is 2. The predicted molar refractivity (Wildman–Crippen MR) is 129 cm³/mol. The quantitative estimate of drug-likeness (QED) is 0.334. The van der Waals surface area contributed by atoms with E-state index in [0.29, 0.717) is 19.4 Å². The molecule has 0 radical (unpaired) electrons. The fraction of sp³-hybridized carbons (Fsp3) is 0.385. The van der Waals surface area contributed by atoms with Crippen LogP contribution in [0.25, 0.3) is 10.4 Å². The Bertz CT molecular complexity index is 892. The minimum absolute atomic E-state index is 0.229. The Balaban J connectivity index is 1.55. The Labute approximate surface area is 189 Å². The van der Waals surface area contributed by atoms with E-state index in [4.69, 9.17) is 10.5 Å². The lowest BCUT2D eigenvalue weighted by atomic mass is 9.93. The number of hydrogen-bond acceptors (Lipinski definition) is 5. The summed E-state index contributed by atoms with van der Waals surface area (Å²) in [5.41, 5.74) is 8.68. The van der Waals surface area contributed by atoms with Gasteiger partial charge in [-0.2, -0.15) is 0 Å². The number of aliphatic hydroxyl groups excluding tert-OH is 2. The van der Waals surface area contributed by atoms with E-state index in [1.807, 2.05) is 12.1 Å². The summed E-state index contributed by atoms with van der Waals surface area (Å²) in [5, 5.41) is 20.9. The average molecular weight is 440 g/mol. The van der Waals surface area contributed by atoms with E-state index < -0.39 is 5.54 Å². The van der Waals surface area contributed by atoms with E-state index in [2.05, 4.69) is 53.9 Å². The number of unbranched alkanes of at least 4 members (excludes halogenated alkanes) is 2. The molecular formula is C26H33NO3S. The average Bonchev–Trinajstić information content (AvgIpc) is 3.35. The second kappa shape index (κ2) is 12.0. The number of nitrogens with two attached hydrogens (primary N) is 1. The van der Waals surface area contributed by atoms with Gasteiger partial charge in [0.1, 0.15) is 5.75 Å². The number of benzene rings is 2. The molecule has 0 fully saturated rings. The van der Waals surface area contributed by atoms with Crippen molar-refractivity contribution in [3.63, 3.8) is 0 Å². The zero-order valence-corrected chi connectivity index (χ0v) is 18.8. The molecule has 4 N–H and O–H groups in total. The monoisotopic (exact) mass is 439 g/mol. The van der Waals surface area contributed by atoms with Crippen molar-refractivity contribution < 1.29 is 14.9 Å². The number of thiophene rings is 1. The van der Waals surface area contributed by atoms with E-state index in [9.17, 15) is 10.2 Å². The van der Waals surface area contributed by atoms with E-state index in [1.54, 1.807) is 11.3 Å². The molecule has 2 aromatic carbocycles. The summed E-state index contributed by atoms with van der Waals surface area (Å²) in [4.78, 5) is 1.17. The minimum Gasteiger partial charge on any atom is -0.493 e. The SMILES string of the molecule is NC(CO)(CO)CCc1ccc(OCCCCCc2ccccc2)c(-c2cccs2)c1. The largest absolute Gasteiger partial charge is 0.493 e. The Hall–Kier alpha value is -2.18. The van der Waals surface area contributed by atoms with Gasteiger partial charge < -0.3 is 20.7 Å². The second-order valence-electron chi connectivity index (χ2n) is 8.13. The van der Waals surface area contributed by atoms with Crippen molar-refractivity contribution in [2.24, 2.45) is 5.73 Å². The van der Waals surface area contributed by atoms with Crippen LogP contribution in [0.5, 0.6) is 5.75 Å². The number of hydrogen-bond donors (Lipinski definition) is 3. The molecule has 31 heavy (non-hydrogen) atoms. The molecule has 0 aliphatic rings. The molecular weight excluding hydrogens is 406 g/mol. The fourth-order valence-corrected chi connectivity index (χ4v) is 4.27. The van der Waals surface area contributed by atoms with E-state index in [1.165, 1.54) is 16.9 Å². The molecule has 166 valence electrons. The smallest absolute Gasteiger partial charge is 0.127 e. The molecule has 0 aliphatic carbocycles. The van der Waals surface area contributed by atoms with Crippen molar-refractivity contribution in [3.05, 3.63) is 77.2 Å². The first-order valence-corrected chi connectivity index (χ1v) is 11.9. The van der Waals surface area contributed by atoms with Crippen molar-refractivity contribution >= 4 is 11.3 Å². The van der Waals surface area contributed by atoms with Gasteiger partial charge in [-0.05, 0) is 73.2 Å². The highest BCUT2D eigenvalue weighted by Gasteiger charge is 2.22. The molecule has 3 rings (SSSR count). The summed E-state index contributed by atoms with van der Waals surface area (Å²) in [6, 6.07) is 21.0. The highest BCUT2D eigenvalue weighted by molar-refractivity contribution is 7.13. The Morgan fingerprint density at radius 3 is 2.35 bits per heavy atom. The first-order chi connectivity index (χ1) is 15.1. The summed E-state index contributed by atoms with van der Waals surface area (Å²) in [5.74, 6) is 0.901. The molecule has 1 heterocycles. The Kier molecular flexibility index (Phi) is 9.10. The van der Waals surface area contributed by atoms with Crippen LogP contribution in [-0.4, -0.2) is 35.6 Å². The normalized spacial score (nSPS) is 11.6. The molecule has 0 atom stereocenters. The van der Waals surface area contributed by atoms with Crippen LogP contribution >= 0.6 is 11.3 Å². The van der Waals surface area contributed by atoms with Crippen LogP contribution in [0.2, 0.25) is 0 Å². The van der Waals surface area contributed by atoms with Crippen molar-refractivity contribution in [2.45, 2.75) is 44.1 Å². The van der Waals surface area contributed by atoms with Crippen LogP contribution in [-0.2, 0) is 12.8 Å². The third-order valence-corrected chi connectivity index (χ3v) is 6.49. The second-order valence-corrected chi connectivity index (χ2v) is 9.08. The molecule has 0 saturated carbocycles. The van der Waals surface area contributed by atoms with E-state index >= 15 is 0 Å². The lowest BCUT2D eigenvalue weighted by Gasteiger charge is -2.24. The highest BCUT2D eigenvalue weighted by Crippen LogP contribution is 2.35. The predicted octanol–water partition coefficient (Wildman–Crippen LogP) is 4.82. The highest BCUT2D eigenvalue weighted by atomic mass is 32.1. The Morgan fingerprint density at radius 1 is 0.839 bits per heavy atom. The lowest BCUT2D eigenvalue weighted by Crippen LogP contribution is -2.47. The first-order valence-electron chi connectivity index (χ1n) is 11.0. The fourth-order valence-electron chi connectivity index (χ4n) is 3.52. The van der Waals surface area contributed by atoms with Crippen molar-refractivity contribution in [3.8, 4) is 16.2 Å². The molecule has 0 aliphatic heterocycles. The molecule has 0 bridgehead atoms. The molecule has 0 amide bonds. The maximum atomic E-state index is 9.43. The van der Waals surface area contributed by atoms with Crippen molar-refractivity contribution in [1.82, 2.24) is 0 Å².